The maximum atomic E-state index is 12.6. The predicted octanol–water partition coefficient (Wildman–Crippen LogP) is 3.63. The Bertz CT molecular complexity index is 1110. The molecule has 1 heterocycles. The molecule has 1 aliphatic heterocycles. The average Bonchev–Trinajstić information content (AvgIpc) is 3.05. The molecular formula is C24H21NO6. The fraction of sp³-hybridized carbons (Fsp3) is 0.125. The topological polar surface area (TPSA) is 82.1 Å². The lowest BCUT2D eigenvalue weighted by atomic mass is 10.0. The van der Waals surface area contributed by atoms with Crippen LogP contribution >= 0.6 is 0 Å². The number of esters is 3. The van der Waals surface area contributed by atoms with Crippen LogP contribution in [-0.2, 0) is 23.8 Å². The summed E-state index contributed by atoms with van der Waals surface area (Å²) in [5.41, 5.74) is 2.73. The summed E-state index contributed by atoms with van der Waals surface area (Å²) in [4.78, 5) is 38.3. The second kappa shape index (κ2) is 9.58. The summed E-state index contributed by atoms with van der Waals surface area (Å²) in [6.07, 6.45) is 6.49. The summed E-state index contributed by atoms with van der Waals surface area (Å²) in [6, 6.07) is 14.3. The van der Waals surface area contributed by atoms with Crippen molar-refractivity contribution < 1.29 is 28.6 Å². The first-order chi connectivity index (χ1) is 15.0. The molecule has 0 saturated heterocycles. The Morgan fingerprint density at radius 2 is 1.39 bits per heavy atom. The minimum Gasteiger partial charge on any atom is -0.465 e. The van der Waals surface area contributed by atoms with Crippen LogP contribution in [0.3, 0.4) is 0 Å². The van der Waals surface area contributed by atoms with E-state index in [-0.39, 0.29) is 11.3 Å². The third-order valence-corrected chi connectivity index (χ3v) is 4.63. The van der Waals surface area contributed by atoms with Crippen molar-refractivity contribution in [3.05, 3.63) is 89.8 Å². The van der Waals surface area contributed by atoms with Crippen LogP contribution in [0, 0.1) is 0 Å². The summed E-state index contributed by atoms with van der Waals surface area (Å²) in [6.45, 7) is 0. The molecule has 0 bridgehead atoms. The van der Waals surface area contributed by atoms with E-state index in [0.717, 1.165) is 11.1 Å². The van der Waals surface area contributed by atoms with Crippen molar-refractivity contribution in [2.75, 3.05) is 26.2 Å². The fourth-order valence-corrected chi connectivity index (χ4v) is 3.14. The van der Waals surface area contributed by atoms with Crippen molar-refractivity contribution in [3.63, 3.8) is 0 Å². The van der Waals surface area contributed by atoms with Crippen LogP contribution in [-0.4, -0.2) is 39.2 Å². The standard InChI is InChI=1S/C24H21NO6/c1-29-22(26)18-10-6-8-16(14-18)17-9-7-11-19(15-17)25-13-5-4-12-20(23(27)30-2)21(25)24(28)31-3/h4-15H,1-3H3. The SMILES string of the molecule is COC(=O)C1=C(C(=O)OC)N(c2cccc(-c3cccc(C(=O)OC)c3)c2)C=CC=C1. The number of hydrogen-bond donors (Lipinski definition) is 0. The Morgan fingerprint density at radius 3 is 2.06 bits per heavy atom. The van der Waals surface area contributed by atoms with Crippen LogP contribution in [0.1, 0.15) is 10.4 Å². The van der Waals surface area contributed by atoms with Crippen LogP contribution < -0.4 is 4.90 Å². The van der Waals surface area contributed by atoms with Crippen LogP contribution in [0.4, 0.5) is 5.69 Å². The summed E-state index contributed by atoms with van der Waals surface area (Å²) in [5.74, 6) is -1.78. The highest BCUT2D eigenvalue weighted by atomic mass is 16.5. The molecule has 0 aromatic heterocycles. The van der Waals surface area contributed by atoms with E-state index in [4.69, 9.17) is 14.2 Å². The van der Waals surface area contributed by atoms with Gasteiger partial charge in [0.2, 0.25) is 0 Å². The molecule has 2 aromatic carbocycles. The van der Waals surface area contributed by atoms with Crippen LogP contribution in [0.25, 0.3) is 11.1 Å². The van der Waals surface area contributed by atoms with Gasteiger partial charge in [-0.2, -0.15) is 0 Å². The van der Waals surface area contributed by atoms with Gasteiger partial charge in [0.05, 0.1) is 32.5 Å². The highest BCUT2D eigenvalue weighted by Gasteiger charge is 2.27. The lowest BCUT2D eigenvalue weighted by molar-refractivity contribution is -0.139. The van der Waals surface area contributed by atoms with Crippen molar-refractivity contribution in [3.8, 4) is 11.1 Å². The molecule has 0 N–H and O–H groups in total. The van der Waals surface area contributed by atoms with Gasteiger partial charge in [0, 0.05) is 11.9 Å². The number of hydrogen-bond acceptors (Lipinski definition) is 7. The maximum Gasteiger partial charge on any atom is 0.355 e. The second-order valence-electron chi connectivity index (χ2n) is 6.44. The van der Waals surface area contributed by atoms with Gasteiger partial charge >= 0.3 is 17.9 Å². The number of allylic oxidation sites excluding steroid dienone is 2. The van der Waals surface area contributed by atoms with Gasteiger partial charge in [-0.15, -0.1) is 0 Å². The average molecular weight is 419 g/mol. The van der Waals surface area contributed by atoms with Gasteiger partial charge < -0.3 is 19.1 Å². The minimum atomic E-state index is -0.685. The predicted molar refractivity (Wildman–Crippen MR) is 115 cm³/mol. The third kappa shape index (κ3) is 4.56. The molecule has 0 atom stereocenters. The van der Waals surface area contributed by atoms with E-state index < -0.39 is 17.9 Å². The number of nitrogens with zero attached hydrogens (tertiary/aromatic N) is 1. The second-order valence-corrected chi connectivity index (χ2v) is 6.44. The summed E-state index contributed by atoms with van der Waals surface area (Å²) in [7, 11) is 3.82. The monoisotopic (exact) mass is 419 g/mol. The Hall–Kier alpha value is -4.13. The quantitative estimate of drug-likeness (QED) is 0.541. The molecule has 0 radical (unpaired) electrons. The lowest BCUT2D eigenvalue weighted by Gasteiger charge is -2.23. The molecule has 0 aliphatic carbocycles. The number of ether oxygens (including phenoxy) is 3. The zero-order valence-corrected chi connectivity index (χ0v) is 17.3. The molecule has 3 rings (SSSR count). The van der Waals surface area contributed by atoms with E-state index in [0.29, 0.717) is 11.3 Å². The number of methoxy groups -OCH3 is 3. The van der Waals surface area contributed by atoms with E-state index in [2.05, 4.69) is 0 Å². The van der Waals surface area contributed by atoms with Gasteiger partial charge in [-0.05, 0) is 47.5 Å². The third-order valence-electron chi connectivity index (χ3n) is 4.63. The molecule has 31 heavy (non-hydrogen) atoms. The van der Waals surface area contributed by atoms with Gasteiger partial charge in [-0.3, -0.25) is 0 Å². The van der Waals surface area contributed by atoms with E-state index in [1.807, 2.05) is 24.3 Å². The van der Waals surface area contributed by atoms with Gasteiger partial charge in [0.15, 0.2) is 0 Å². The summed E-state index contributed by atoms with van der Waals surface area (Å²) >= 11 is 0. The Labute approximate surface area is 179 Å². The molecule has 158 valence electrons. The molecule has 1 aliphatic rings. The zero-order chi connectivity index (χ0) is 22.4. The van der Waals surface area contributed by atoms with Crippen LogP contribution in [0.15, 0.2) is 84.2 Å². The van der Waals surface area contributed by atoms with E-state index in [1.54, 1.807) is 47.5 Å². The molecule has 0 spiro atoms. The van der Waals surface area contributed by atoms with E-state index in [9.17, 15) is 14.4 Å². The van der Waals surface area contributed by atoms with Gasteiger partial charge in [-0.25, -0.2) is 14.4 Å². The van der Waals surface area contributed by atoms with Crippen LogP contribution in [0.2, 0.25) is 0 Å². The smallest absolute Gasteiger partial charge is 0.355 e. The first-order valence-corrected chi connectivity index (χ1v) is 9.34. The Kier molecular flexibility index (Phi) is 6.67. The minimum absolute atomic E-state index is 0.0276. The largest absolute Gasteiger partial charge is 0.465 e. The van der Waals surface area contributed by atoms with Crippen molar-refractivity contribution in [1.29, 1.82) is 0 Å². The van der Waals surface area contributed by atoms with Crippen molar-refractivity contribution in [1.82, 2.24) is 0 Å². The highest BCUT2D eigenvalue weighted by molar-refractivity contribution is 6.05. The van der Waals surface area contributed by atoms with E-state index >= 15 is 0 Å². The normalized spacial score (nSPS) is 12.9. The number of benzene rings is 2. The molecule has 7 heteroatoms. The van der Waals surface area contributed by atoms with Crippen LogP contribution in [0.5, 0.6) is 0 Å². The number of carbonyl (C=O) groups excluding carboxylic acids is 3. The molecule has 0 amide bonds. The first kappa shape index (κ1) is 21.6. The number of rotatable bonds is 5. The molecule has 0 fully saturated rings. The molecule has 0 unspecified atom stereocenters. The van der Waals surface area contributed by atoms with Crippen molar-refractivity contribution in [2.24, 2.45) is 0 Å². The molecule has 0 saturated carbocycles. The summed E-state index contributed by atoms with van der Waals surface area (Å²) in [5, 5.41) is 0. The van der Waals surface area contributed by atoms with Gasteiger partial charge in [-0.1, -0.05) is 30.3 Å². The van der Waals surface area contributed by atoms with E-state index in [1.165, 1.54) is 27.4 Å². The van der Waals surface area contributed by atoms with Gasteiger partial charge in [0.25, 0.3) is 0 Å². The maximum absolute atomic E-state index is 12.6. The highest BCUT2D eigenvalue weighted by Crippen LogP contribution is 2.30. The van der Waals surface area contributed by atoms with Crippen molar-refractivity contribution >= 4 is 23.6 Å². The molecule has 7 nitrogen and oxygen atoms in total. The lowest BCUT2D eigenvalue weighted by Crippen LogP contribution is -2.26. The first-order valence-electron chi connectivity index (χ1n) is 9.34. The number of carbonyl (C=O) groups is 3. The zero-order valence-electron chi connectivity index (χ0n) is 17.3. The molecular weight excluding hydrogens is 398 g/mol. The van der Waals surface area contributed by atoms with Gasteiger partial charge in [0.1, 0.15) is 5.70 Å². The summed E-state index contributed by atoms with van der Waals surface area (Å²) < 4.78 is 14.6. The Morgan fingerprint density at radius 1 is 0.742 bits per heavy atom. The fourth-order valence-electron chi connectivity index (χ4n) is 3.14. The molecule has 2 aromatic rings. The Balaban J connectivity index is 2.11. The van der Waals surface area contributed by atoms with Crippen molar-refractivity contribution in [2.45, 2.75) is 0 Å². The number of anilines is 1.